The van der Waals surface area contributed by atoms with E-state index in [4.69, 9.17) is 4.74 Å². The highest BCUT2D eigenvalue weighted by Gasteiger charge is 2.16. The smallest absolute Gasteiger partial charge is 0.319 e. The highest BCUT2D eigenvalue weighted by molar-refractivity contribution is 5.97. The number of hydrogen-bond donors (Lipinski definition) is 3. The molecule has 0 heterocycles. The minimum Gasteiger partial charge on any atom is -0.497 e. The molecule has 2 aromatic rings. The lowest BCUT2D eigenvalue weighted by molar-refractivity contribution is 0.0956. The fourth-order valence-electron chi connectivity index (χ4n) is 2.94. The second-order valence-corrected chi connectivity index (χ2v) is 6.98. The van der Waals surface area contributed by atoms with Crippen molar-refractivity contribution in [3.8, 4) is 5.75 Å². The van der Waals surface area contributed by atoms with Gasteiger partial charge in [0.15, 0.2) is 0 Å². The highest BCUT2D eigenvalue weighted by Crippen LogP contribution is 2.21. The number of likely N-dealkylation sites (N-methyl/N-ethyl adjacent to an activating group) is 1. The Morgan fingerprint density at radius 3 is 2.34 bits per heavy atom. The minimum absolute atomic E-state index is 0.00872. The van der Waals surface area contributed by atoms with Crippen molar-refractivity contribution in [2.45, 2.75) is 19.9 Å². The normalized spacial score (nSPS) is 11.7. The molecule has 0 fully saturated rings. The summed E-state index contributed by atoms with van der Waals surface area (Å²) in [7, 11) is 5.57. The van der Waals surface area contributed by atoms with E-state index in [1.54, 1.807) is 19.2 Å². The molecule has 156 valence electrons. The Hall–Kier alpha value is -3.06. The fourth-order valence-corrected chi connectivity index (χ4v) is 2.94. The average Bonchev–Trinajstić information content (AvgIpc) is 2.70. The Balaban J connectivity index is 2.03. The topological polar surface area (TPSA) is 82.7 Å². The molecular formula is C22H30N4O3. The van der Waals surface area contributed by atoms with Gasteiger partial charge in [-0.15, -0.1) is 0 Å². The van der Waals surface area contributed by atoms with E-state index in [1.165, 1.54) is 0 Å². The fraction of sp³-hybridized carbons (Fsp3) is 0.364. The number of nitrogens with zero attached hydrogens (tertiary/aromatic N) is 1. The lowest BCUT2D eigenvalue weighted by atomic mass is 10.1. The number of hydrogen-bond acceptors (Lipinski definition) is 4. The second-order valence-electron chi connectivity index (χ2n) is 6.98. The molecule has 0 aliphatic heterocycles. The van der Waals surface area contributed by atoms with Crippen LogP contribution in [0.3, 0.4) is 0 Å². The van der Waals surface area contributed by atoms with Crippen LogP contribution >= 0.6 is 0 Å². The Kier molecular flexibility index (Phi) is 8.03. The van der Waals surface area contributed by atoms with Crippen LogP contribution in [0.5, 0.6) is 5.75 Å². The Morgan fingerprint density at radius 2 is 1.76 bits per heavy atom. The van der Waals surface area contributed by atoms with Crippen LogP contribution in [0, 0.1) is 6.92 Å². The molecule has 3 N–H and O–H groups in total. The molecule has 7 nitrogen and oxygen atoms in total. The summed E-state index contributed by atoms with van der Waals surface area (Å²) in [5.41, 5.74) is 3.08. The van der Waals surface area contributed by atoms with Crippen molar-refractivity contribution in [3.63, 3.8) is 0 Å². The number of amides is 3. The molecule has 0 saturated heterocycles. The second kappa shape index (κ2) is 10.5. The molecule has 0 radical (unpaired) electrons. The predicted octanol–water partition coefficient (Wildman–Crippen LogP) is 3.18. The molecule has 1 atom stereocenters. The Labute approximate surface area is 172 Å². The summed E-state index contributed by atoms with van der Waals surface area (Å²) in [5.74, 6) is 0.627. The van der Waals surface area contributed by atoms with Crippen molar-refractivity contribution in [1.82, 2.24) is 15.5 Å². The molecule has 0 saturated carbocycles. The summed E-state index contributed by atoms with van der Waals surface area (Å²) in [4.78, 5) is 26.5. The van der Waals surface area contributed by atoms with Crippen molar-refractivity contribution in [1.29, 1.82) is 0 Å². The SMILES string of the molecule is CCNC(=O)c1ccc(C)c(NC(=O)NCC(c2ccc(OC)cc2)N(C)C)c1. The zero-order valence-electron chi connectivity index (χ0n) is 17.7. The number of nitrogens with one attached hydrogen (secondary N) is 3. The number of methoxy groups -OCH3 is 1. The van der Waals surface area contributed by atoms with Crippen LogP contribution in [0.4, 0.5) is 10.5 Å². The van der Waals surface area contributed by atoms with E-state index in [9.17, 15) is 9.59 Å². The minimum atomic E-state index is -0.318. The Morgan fingerprint density at radius 1 is 1.07 bits per heavy atom. The summed E-state index contributed by atoms with van der Waals surface area (Å²) < 4.78 is 5.21. The molecule has 0 aromatic heterocycles. The van der Waals surface area contributed by atoms with Gasteiger partial charge in [-0.25, -0.2) is 4.79 Å². The van der Waals surface area contributed by atoms with E-state index < -0.39 is 0 Å². The van der Waals surface area contributed by atoms with E-state index in [0.717, 1.165) is 16.9 Å². The van der Waals surface area contributed by atoms with Crippen molar-refractivity contribution in [2.24, 2.45) is 0 Å². The van der Waals surface area contributed by atoms with Crippen molar-refractivity contribution < 1.29 is 14.3 Å². The van der Waals surface area contributed by atoms with Gasteiger partial charge in [0.05, 0.1) is 13.2 Å². The van der Waals surface area contributed by atoms with Gasteiger partial charge >= 0.3 is 6.03 Å². The molecule has 29 heavy (non-hydrogen) atoms. The monoisotopic (exact) mass is 398 g/mol. The summed E-state index contributed by atoms with van der Waals surface area (Å²) >= 11 is 0. The summed E-state index contributed by atoms with van der Waals surface area (Å²) in [6, 6.07) is 12.7. The van der Waals surface area contributed by atoms with Gasteiger partial charge in [0.1, 0.15) is 5.75 Å². The molecule has 0 spiro atoms. The standard InChI is InChI=1S/C22H30N4O3/c1-6-23-21(27)17-8-7-15(2)19(13-17)25-22(28)24-14-20(26(3)4)16-9-11-18(29-5)12-10-16/h7-13,20H,6,14H2,1-5H3,(H,23,27)(H2,24,25,28). The third-order valence-corrected chi connectivity index (χ3v) is 4.67. The van der Waals surface area contributed by atoms with Gasteiger partial charge in [-0.3, -0.25) is 4.79 Å². The maximum atomic E-state index is 12.5. The number of rotatable bonds is 8. The highest BCUT2D eigenvalue weighted by atomic mass is 16.5. The largest absolute Gasteiger partial charge is 0.497 e. The number of ether oxygens (including phenoxy) is 1. The molecule has 0 bridgehead atoms. The third-order valence-electron chi connectivity index (χ3n) is 4.67. The summed E-state index contributed by atoms with van der Waals surface area (Å²) in [6.07, 6.45) is 0. The number of aryl methyl sites for hydroxylation is 1. The number of urea groups is 1. The quantitative estimate of drug-likeness (QED) is 0.638. The van der Waals surface area contributed by atoms with Gasteiger partial charge in [0.25, 0.3) is 5.91 Å². The Bertz CT molecular complexity index is 834. The molecule has 2 rings (SSSR count). The summed E-state index contributed by atoms with van der Waals surface area (Å²) in [5, 5.41) is 8.52. The van der Waals surface area contributed by atoms with Gasteiger partial charge < -0.3 is 25.6 Å². The van der Waals surface area contributed by atoms with Crippen LogP contribution in [0.25, 0.3) is 0 Å². The molecule has 2 aromatic carbocycles. The molecule has 7 heteroatoms. The molecule has 1 unspecified atom stereocenters. The van der Waals surface area contributed by atoms with E-state index >= 15 is 0 Å². The molecule has 3 amide bonds. The lowest BCUT2D eigenvalue weighted by Gasteiger charge is -2.25. The zero-order valence-corrected chi connectivity index (χ0v) is 17.7. The van der Waals surface area contributed by atoms with E-state index in [2.05, 4.69) is 16.0 Å². The first kappa shape index (κ1) is 22.2. The number of carbonyl (C=O) groups excluding carboxylic acids is 2. The first-order chi connectivity index (χ1) is 13.8. The van der Waals surface area contributed by atoms with E-state index in [1.807, 2.05) is 63.2 Å². The molecule has 0 aliphatic rings. The first-order valence-corrected chi connectivity index (χ1v) is 9.59. The van der Waals surface area contributed by atoms with Gasteiger partial charge in [0, 0.05) is 24.3 Å². The van der Waals surface area contributed by atoms with Gasteiger partial charge in [-0.1, -0.05) is 18.2 Å². The van der Waals surface area contributed by atoms with E-state index in [-0.39, 0.29) is 18.0 Å². The molecular weight excluding hydrogens is 368 g/mol. The zero-order chi connectivity index (χ0) is 21.4. The maximum absolute atomic E-state index is 12.5. The van der Waals surface area contributed by atoms with Crippen LogP contribution < -0.4 is 20.7 Å². The lowest BCUT2D eigenvalue weighted by Crippen LogP contribution is -2.37. The van der Waals surface area contributed by atoms with Crippen LogP contribution in [0.15, 0.2) is 42.5 Å². The van der Waals surface area contributed by atoms with Crippen molar-refractivity contribution in [3.05, 3.63) is 59.2 Å². The van der Waals surface area contributed by atoms with Gasteiger partial charge in [-0.2, -0.15) is 0 Å². The first-order valence-electron chi connectivity index (χ1n) is 9.59. The predicted molar refractivity (Wildman–Crippen MR) is 116 cm³/mol. The van der Waals surface area contributed by atoms with Crippen molar-refractivity contribution >= 4 is 17.6 Å². The van der Waals surface area contributed by atoms with Crippen LogP contribution in [0.1, 0.15) is 34.5 Å². The average molecular weight is 399 g/mol. The third kappa shape index (κ3) is 6.22. The molecule has 0 aliphatic carbocycles. The number of carbonyl (C=O) groups is 2. The summed E-state index contributed by atoms with van der Waals surface area (Å²) in [6.45, 7) is 4.73. The van der Waals surface area contributed by atoms with Gasteiger partial charge in [-0.05, 0) is 63.3 Å². The maximum Gasteiger partial charge on any atom is 0.319 e. The van der Waals surface area contributed by atoms with Gasteiger partial charge in [0.2, 0.25) is 0 Å². The number of anilines is 1. The van der Waals surface area contributed by atoms with E-state index in [0.29, 0.717) is 24.3 Å². The van der Waals surface area contributed by atoms with Crippen molar-refractivity contribution in [2.75, 3.05) is 39.6 Å². The van der Waals surface area contributed by atoms with Crippen LogP contribution in [-0.4, -0.2) is 51.1 Å². The van der Waals surface area contributed by atoms with Crippen LogP contribution in [0.2, 0.25) is 0 Å². The van der Waals surface area contributed by atoms with Crippen LogP contribution in [-0.2, 0) is 0 Å². The number of benzene rings is 2.